The summed E-state index contributed by atoms with van der Waals surface area (Å²) in [4.78, 5) is 9.19. The number of nitrogens with zero attached hydrogens (tertiary/aromatic N) is 4. The topological polar surface area (TPSA) is 89.6 Å². The van der Waals surface area contributed by atoms with Crippen LogP contribution in [-0.2, 0) is 6.61 Å². The summed E-state index contributed by atoms with van der Waals surface area (Å²) in [5.74, 6) is -0.481. The molecule has 0 unspecified atom stereocenters. The number of imidazole rings is 1. The molecule has 0 bridgehead atoms. The molecule has 2 atom stereocenters. The second kappa shape index (κ2) is 9.00. The lowest BCUT2D eigenvalue weighted by atomic mass is 9.92. The monoisotopic (exact) mass is 499 g/mol. The van der Waals surface area contributed by atoms with Crippen molar-refractivity contribution in [2.75, 3.05) is 20.1 Å². The number of halogens is 2. The summed E-state index contributed by atoms with van der Waals surface area (Å²) in [5, 5.41) is 19.9. The third-order valence-corrected chi connectivity index (χ3v) is 7.01. The highest BCUT2D eigenvalue weighted by Gasteiger charge is 2.32. The van der Waals surface area contributed by atoms with Gasteiger partial charge in [0.15, 0.2) is 0 Å². The molecule has 1 fully saturated rings. The van der Waals surface area contributed by atoms with Crippen LogP contribution < -0.4 is 10.4 Å². The first-order valence-corrected chi connectivity index (χ1v) is 11.9. The molecule has 1 saturated heterocycles. The molecular formula is C28H23F2N5O2. The smallest absolute Gasteiger partial charge is 0.219 e. The number of aromatic amines is 1. The van der Waals surface area contributed by atoms with Crippen molar-refractivity contribution in [2.45, 2.75) is 18.8 Å². The number of aliphatic hydroxyl groups is 1. The number of β-amino-alcohol motifs (C(OH)–C–C–N with tert-alkyl or cyclic N) is 1. The van der Waals surface area contributed by atoms with Crippen LogP contribution in [0.1, 0.15) is 28.3 Å². The lowest BCUT2D eigenvalue weighted by molar-refractivity contribution is 0.146. The Bertz CT molecular complexity index is 1680. The van der Waals surface area contributed by atoms with E-state index in [2.05, 4.69) is 9.98 Å². The van der Waals surface area contributed by atoms with E-state index in [0.29, 0.717) is 46.7 Å². The minimum atomic E-state index is -0.599. The largest absolute Gasteiger partial charge is 0.488 e. The normalized spacial score (nSPS) is 20.9. The number of aliphatic hydroxyl groups excluding tert-OH is 1. The molecule has 37 heavy (non-hydrogen) atoms. The van der Waals surface area contributed by atoms with Gasteiger partial charge >= 0.3 is 0 Å². The molecule has 3 heterocycles. The van der Waals surface area contributed by atoms with E-state index in [9.17, 15) is 19.1 Å². The summed E-state index contributed by atoms with van der Waals surface area (Å²) in [5.41, 5.74) is 5.12. The number of likely N-dealkylation sites (N-methyl/N-ethyl adjacent to an activating group) is 1. The standard InChI is InChI=1S/C28H23F2N5O2/c1-34-12-25(26(36)13-34)35-24-8-5-16(10-23(24)33-28(35)32-15-31)9-20-18-3-2-4-22(30)21(18)14-37-27-11-17(29)6-7-19(20)27/h2-11,25-26,36H,12-14H2,1H3,(H,32,33)/t25-,26-/m1/s1. The van der Waals surface area contributed by atoms with E-state index in [1.165, 1.54) is 18.2 Å². The molecule has 6 rings (SSSR count). The van der Waals surface area contributed by atoms with Crippen LogP contribution >= 0.6 is 0 Å². The van der Waals surface area contributed by atoms with Crippen LogP contribution in [0, 0.1) is 23.1 Å². The Morgan fingerprint density at radius 2 is 2.00 bits per heavy atom. The zero-order chi connectivity index (χ0) is 25.7. The van der Waals surface area contributed by atoms with Crippen LogP contribution in [0.25, 0.3) is 22.7 Å². The Hall–Kier alpha value is -4.26. The predicted octanol–water partition coefficient (Wildman–Crippen LogP) is 3.96. The molecule has 0 aliphatic carbocycles. The number of nitrogens with one attached hydrogen (secondary N) is 1. The lowest BCUT2D eigenvalue weighted by Gasteiger charge is -2.16. The quantitative estimate of drug-likeness (QED) is 0.409. The fourth-order valence-electron chi connectivity index (χ4n) is 5.34. The van der Waals surface area contributed by atoms with Crippen molar-refractivity contribution in [1.82, 2.24) is 14.5 Å². The highest BCUT2D eigenvalue weighted by atomic mass is 19.1. The van der Waals surface area contributed by atoms with Gasteiger partial charge in [-0.15, -0.1) is 4.99 Å². The van der Waals surface area contributed by atoms with Gasteiger partial charge in [0.1, 0.15) is 24.0 Å². The molecular weight excluding hydrogens is 476 g/mol. The van der Waals surface area contributed by atoms with Crippen LogP contribution in [0.15, 0.2) is 59.6 Å². The van der Waals surface area contributed by atoms with E-state index in [-0.39, 0.29) is 18.5 Å². The Morgan fingerprint density at radius 3 is 2.78 bits per heavy atom. The molecule has 4 aromatic rings. The summed E-state index contributed by atoms with van der Waals surface area (Å²) in [7, 11) is 1.94. The molecule has 0 saturated carbocycles. The molecule has 2 aliphatic rings. The molecule has 0 amide bonds. The number of rotatable bonds is 2. The van der Waals surface area contributed by atoms with Gasteiger partial charge in [-0.25, -0.2) is 8.78 Å². The summed E-state index contributed by atoms with van der Waals surface area (Å²) in [6, 6.07) is 14.6. The lowest BCUT2D eigenvalue weighted by Crippen LogP contribution is -2.30. The molecule has 9 heteroatoms. The van der Waals surface area contributed by atoms with Gasteiger partial charge in [-0.2, -0.15) is 5.26 Å². The molecule has 186 valence electrons. The van der Waals surface area contributed by atoms with Crippen molar-refractivity contribution in [3.05, 3.63) is 94.1 Å². The van der Waals surface area contributed by atoms with Gasteiger partial charge in [-0.1, -0.05) is 18.2 Å². The SMILES string of the molecule is CN1C[C@@H](O)[C@H](n2c(=NC#N)[nH]c3cc(C=C4c5ccc(F)cc5OCc5c(F)cccc54)ccc32)C1. The molecule has 0 radical (unpaired) electrons. The van der Waals surface area contributed by atoms with Gasteiger partial charge in [0.2, 0.25) is 11.8 Å². The van der Waals surface area contributed by atoms with E-state index < -0.39 is 11.9 Å². The summed E-state index contributed by atoms with van der Waals surface area (Å²) >= 11 is 0. The average molecular weight is 500 g/mol. The van der Waals surface area contributed by atoms with Gasteiger partial charge in [-0.05, 0) is 60.2 Å². The van der Waals surface area contributed by atoms with E-state index in [4.69, 9.17) is 4.74 Å². The fourth-order valence-corrected chi connectivity index (χ4v) is 5.34. The predicted molar refractivity (Wildman–Crippen MR) is 134 cm³/mol. The zero-order valence-electron chi connectivity index (χ0n) is 19.9. The third kappa shape index (κ3) is 4.00. The van der Waals surface area contributed by atoms with E-state index in [0.717, 1.165) is 16.6 Å². The maximum absolute atomic E-state index is 14.8. The van der Waals surface area contributed by atoms with Gasteiger partial charge < -0.3 is 24.3 Å². The first-order valence-electron chi connectivity index (χ1n) is 11.9. The molecule has 0 spiro atoms. The number of aromatic nitrogens is 2. The summed E-state index contributed by atoms with van der Waals surface area (Å²) < 4.78 is 36.4. The minimum Gasteiger partial charge on any atom is -0.488 e. The van der Waals surface area contributed by atoms with Crippen LogP contribution in [0.2, 0.25) is 0 Å². The number of hydrogen-bond acceptors (Lipinski definition) is 5. The van der Waals surface area contributed by atoms with E-state index in [1.807, 2.05) is 53.0 Å². The Kier molecular flexibility index (Phi) is 5.63. The second-order valence-electron chi connectivity index (χ2n) is 9.42. The average Bonchev–Trinajstić information content (AvgIpc) is 3.34. The van der Waals surface area contributed by atoms with Crippen LogP contribution in [0.5, 0.6) is 5.75 Å². The number of H-pyrrole nitrogens is 1. The number of ether oxygens (including phenoxy) is 1. The van der Waals surface area contributed by atoms with Gasteiger partial charge in [0.05, 0.1) is 23.2 Å². The van der Waals surface area contributed by atoms with Crippen molar-refractivity contribution in [3.8, 4) is 11.9 Å². The number of fused-ring (bicyclic) bond motifs is 3. The summed E-state index contributed by atoms with van der Waals surface area (Å²) in [6.45, 7) is 1.13. The first kappa shape index (κ1) is 23.2. The zero-order valence-corrected chi connectivity index (χ0v) is 19.9. The Balaban J connectivity index is 1.53. The Morgan fingerprint density at radius 1 is 1.14 bits per heavy atom. The maximum atomic E-state index is 14.8. The Labute approximate surface area is 211 Å². The second-order valence-corrected chi connectivity index (χ2v) is 9.42. The van der Waals surface area contributed by atoms with Crippen molar-refractivity contribution in [3.63, 3.8) is 0 Å². The maximum Gasteiger partial charge on any atom is 0.219 e. The summed E-state index contributed by atoms with van der Waals surface area (Å²) in [6.07, 6.45) is 3.15. The van der Waals surface area contributed by atoms with Crippen molar-refractivity contribution in [1.29, 1.82) is 5.26 Å². The molecule has 2 N–H and O–H groups in total. The highest BCUT2D eigenvalue weighted by molar-refractivity contribution is 5.95. The third-order valence-electron chi connectivity index (χ3n) is 7.01. The van der Waals surface area contributed by atoms with Crippen LogP contribution in [-0.4, -0.2) is 45.8 Å². The van der Waals surface area contributed by atoms with E-state index in [1.54, 1.807) is 12.1 Å². The minimum absolute atomic E-state index is 0.0113. The molecule has 3 aromatic carbocycles. The number of benzene rings is 3. The highest BCUT2D eigenvalue weighted by Crippen LogP contribution is 2.39. The molecule has 7 nitrogen and oxygen atoms in total. The number of hydrogen-bond donors (Lipinski definition) is 2. The number of nitriles is 1. The van der Waals surface area contributed by atoms with Crippen LogP contribution in [0.3, 0.4) is 0 Å². The van der Waals surface area contributed by atoms with E-state index >= 15 is 0 Å². The van der Waals surface area contributed by atoms with Gasteiger partial charge in [0.25, 0.3) is 0 Å². The van der Waals surface area contributed by atoms with Gasteiger partial charge in [0, 0.05) is 30.3 Å². The van der Waals surface area contributed by atoms with Gasteiger partial charge in [-0.3, -0.25) is 0 Å². The van der Waals surface area contributed by atoms with Crippen LogP contribution in [0.4, 0.5) is 8.78 Å². The van der Waals surface area contributed by atoms with Crippen molar-refractivity contribution in [2.24, 2.45) is 4.99 Å². The van der Waals surface area contributed by atoms with Crippen molar-refractivity contribution < 1.29 is 18.6 Å². The fraction of sp³-hybridized carbons (Fsp3) is 0.214. The van der Waals surface area contributed by atoms with Crippen molar-refractivity contribution >= 4 is 22.7 Å². The molecule has 2 aliphatic heterocycles. The number of likely N-dealkylation sites (tertiary alicyclic amines) is 1. The first-order chi connectivity index (χ1) is 17.9. The molecule has 1 aromatic heterocycles.